The lowest BCUT2D eigenvalue weighted by Crippen LogP contribution is -2.59. The maximum atomic E-state index is 13.2. The van der Waals surface area contributed by atoms with Crippen molar-refractivity contribution in [1.29, 1.82) is 0 Å². The largest absolute Gasteiger partial charge is 0.378 e. The molecule has 0 aromatic carbocycles. The first-order chi connectivity index (χ1) is 17.6. The molecule has 9 nitrogen and oxygen atoms in total. The normalized spacial score (nSPS) is 12.0. The Morgan fingerprint density at radius 3 is 1.11 bits per heavy atom. The van der Waals surface area contributed by atoms with Crippen molar-refractivity contribution in [3.05, 3.63) is 0 Å². The first-order valence-corrected chi connectivity index (χ1v) is 13.7. The van der Waals surface area contributed by atoms with E-state index in [1.807, 2.05) is 41.5 Å². The maximum Gasteiger partial charge on any atom is 0.230 e. The molecule has 0 fully saturated rings. The molecule has 0 aliphatic rings. The second kappa shape index (κ2) is 18.3. The summed E-state index contributed by atoms with van der Waals surface area (Å²) in [7, 11) is 1.57. The lowest BCUT2D eigenvalue weighted by atomic mass is 9.98. The Kier molecular flexibility index (Phi) is 17.4. The van der Waals surface area contributed by atoms with Gasteiger partial charge in [-0.2, -0.15) is 0 Å². The van der Waals surface area contributed by atoms with Crippen LogP contribution in [0.1, 0.15) is 81.1 Å². The monoisotopic (exact) mass is 541 g/mol. The van der Waals surface area contributed by atoms with Crippen molar-refractivity contribution in [2.75, 3.05) is 46.7 Å². The van der Waals surface area contributed by atoms with Gasteiger partial charge in [-0.25, -0.2) is 0 Å². The predicted octanol–water partition coefficient (Wildman–Crippen LogP) is 3.69. The molecule has 1 amide bonds. The molecule has 0 N–H and O–H groups in total. The number of rotatable bonds is 22. The van der Waals surface area contributed by atoms with Crippen molar-refractivity contribution in [3.63, 3.8) is 0 Å². The fourth-order valence-corrected chi connectivity index (χ4v) is 3.32. The van der Waals surface area contributed by atoms with Crippen LogP contribution in [0.2, 0.25) is 0 Å². The standard InChI is InChI=1S/C29H51NO8/c1-20(2)24(31)10-13-36-17-29(18-37-14-11-25(32)21(3)4,19-38-15-12-26(33)22(5)6)30(9)28(35)16-27(34)23(7)8/h20-23H,10-19H2,1-9H3. The van der Waals surface area contributed by atoms with Crippen LogP contribution >= 0.6 is 0 Å². The molecule has 9 heteroatoms. The topological polar surface area (TPSA) is 116 Å². The Labute approximate surface area is 229 Å². The SMILES string of the molecule is CC(C)C(=O)CCOCC(COCCC(=O)C(C)C)(COCCC(=O)C(C)C)N(C)C(=O)CC(=O)C(C)C. The van der Waals surface area contributed by atoms with Gasteiger partial charge in [0, 0.05) is 50.0 Å². The zero-order chi connectivity index (χ0) is 29.5. The summed E-state index contributed by atoms with van der Waals surface area (Å²) in [4.78, 5) is 63.1. The number of hydrogen-bond donors (Lipinski definition) is 0. The molecule has 0 radical (unpaired) electrons. The smallest absolute Gasteiger partial charge is 0.230 e. The van der Waals surface area contributed by atoms with Gasteiger partial charge in [0.1, 0.15) is 28.7 Å². The lowest BCUT2D eigenvalue weighted by Gasteiger charge is -2.41. The number of ether oxygens (including phenoxy) is 3. The molecule has 38 heavy (non-hydrogen) atoms. The van der Waals surface area contributed by atoms with E-state index < -0.39 is 11.4 Å². The summed E-state index contributed by atoms with van der Waals surface area (Å²) < 4.78 is 17.6. The van der Waals surface area contributed by atoms with Gasteiger partial charge in [0.25, 0.3) is 0 Å². The Balaban J connectivity index is 5.77. The van der Waals surface area contributed by atoms with Crippen LogP contribution in [0.25, 0.3) is 0 Å². The second-order valence-corrected chi connectivity index (χ2v) is 11.2. The van der Waals surface area contributed by atoms with Crippen molar-refractivity contribution in [1.82, 2.24) is 4.90 Å². The van der Waals surface area contributed by atoms with Crippen LogP contribution in [-0.4, -0.2) is 86.2 Å². The number of hydrogen-bond acceptors (Lipinski definition) is 8. The number of nitrogens with zero attached hydrogens (tertiary/aromatic N) is 1. The third-order valence-electron chi connectivity index (χ3n) is 6.58. The van der Waals surface area contributed by atoms with Crippen molar-refractivity contribution in [2.45, 2.75) is 86.6 Å². The summed E-state index contributed by atoms with van der Waals surface area (Å²) in [5.74, 6) is -1.04. The number of amides is 1. The van der Waals surface area contributed by atoms with Crippen LogP contribution in [0, 0.1) is 23.7 Å². The van der Waals surface area contributed by atoms with E-state index in [4.69, 9.17) is 14.2 Å². The average molecular weight is 542 g/mol. The second-order valence-electron chi connectivity index (χ2n) is 11.2. The molecule has 0 rings (SSSR count). The molecule has 0 atom stereocenters. The number of carbonyl (C=O) groups excluding carboxylic acids is 5. The zero-order valence-corrected chi connectivity index (χ0v) is 25.1. The molecular formula is C29H51NO8. The minimum atomic E-state index is -1.13. The minimum Gasteiger partial charge on any atom is -0.378 e. The fraction of sp³-hybridized carbons (Fsp3) is 0.828. The Hall–Kier alpha value is -1.97. The van der Waals surface area contributed by atoms with Crippen LogP contribution in [0.4, 0.5) is 0 Å². The highest BCUT2D eigenvalue weighted by molar-refractivity contribution is 5.99. The number of likely N-dealkylation sites (N-methyl/N-ethyl adjacent to an activating group) is 1. The van der Waals surface area contributed by atoms with E-state index in [0.717, 1.165) is 0 Å². The molecule has 0 aromatic heterocycles. The number of carbonyl (C=O) groups is 5. The molecule has 0 aliphatic heterocycles. The van der Waals surface area contributed by atoms with Crippen molar-refractivity contribution < 1.29 is 38.2 Å². The lowest BCUT2D eigenvalue weighted by molar-refractivity contribution is -0.152. The van der Waals surface area contributed by atoms with E-state index in [2.05, 4.69) is 0 Å². The van der Waals surface area contributed by atoms with E-state index >= 15 is 0 Å². The number of Topliss-reactive ketones (excluding diaryl/α,β-unsaturated/α-hetero) is 4. The summed E-state index contributed by atoms with van der Waals surface area (Å²) in [5, 5.41) is 0. The van der Waals surface area contributed by atoms with E-state index in [9.17, 15) is 24.0 Å². The molecule has 0 aromatic rings. The molecule has 0 unspecified atom stereocenters. The molecular weight excluding hydrogens is 490 g/mol. The van der Waals surface area contributed by atoms with Crippen LogP contribution in [0.15, 0.2) is 0 Å². The third-order valence-corrected chi connectivity index (χ3v) is 6.58. The highest BCUT2D eigenvalue weighted by Gasteiger charge is 2.40. The van der Waals surface area contributed by atoms with Crippen LogP contribution < -0.4 is 0 Å². The van der Waals surface area contributed by atoms with Crippen LogP contribution in [0.5, 0.6) is 0 Å². The van der Waals surface area contributed by atoms with Gasteiger partial charge < -0.3 is 19.1 Å². The van der Waals surface area contributed by atoms with Gasteiger partial charge in [-0.15, -0.1) is 0 Å². The van der Waals surface area contributed by atoms with E-state index in [1.54, 1.807) is 20.9 Å². The van der Waals surface area contributed by atoms with Gasteiger partial charge >= 0.3 is 0 Å². The first kappa shape index (κ1) is 36.0. The first-order valence-electron chi connectivity index (χ1n) is 13.7. The minimum absolute atomic E-state index is 0.00720. The average Bonchev–Trinajstić information content (AvgIpc) is 2.84. The van der Waals surface area contributed by atoms with Gasteiger partial charge in [0.15, 0.2) is 0 Å². The molecule has 0 bridgehead atoms. The molecule has 0 saturated carbocycles. The molecule has 0 spiro atoms. The zero-order valence-electron chi connectivity index (χ0n) is 25.1. The number of ketones is 4. The molecule has 0 saturated heterocycles. The molecule has 0 aliphatic carbocycles. The van der Waals surface area contributed by atoms with Crippen LogP contribution in [0.3, 0.4) is 0 Å². The van der Waals surface area contributed by atoms with Gasteiger partial charge in [0.05, 0.1) is 46.1 Å². The summed E-state index contributed by atoms with van der Waals surface area (Å²) in [6.07, 6.45) is 0.402. The van der Waals surface area contributed by atoms with Crippen LogP contribution in [-0.2, 0) is 38.2 Å². The summed E-state index contributed by atoms with van der Waals surface area (Å²) in [6.45, 7) is 14.9. The van der Waals surface area contributed by atoms with Crippen molar-refractivity contribution in [3.8, 4) is 0 Å². The quantitative estimate of drug-likeness (QED) is 0.150. The van der Waals surface area contributed by atoms with Gasteiger partial charge in [-0.05, 0) is 0 Å². The fourth-order valence-electron chi connectivity index (χ4n) is 3.32. The van der Waals surface area contributed by atoms with Gasteiger partial charge in [-0.3, -0.25) is 24.0 Å². The summed E-state index contributed by atoms with van der Waals surface area (Å²) >= 11 is 0. The van der Waals surface area contributed by atoms with E-state index in [1.165, 1.54) is 4.90 Å². The van der Waals surface area contributed by atoms with Gasteiger partial charge in [-0.1, -0.05) is 55.4 Å². The predicted molar refractivity (Wildman–Crippen MR) is 146 cm³/mol. The Morgan fingerprint density at radius 2 is 0.842 bits per heavy atom. The van der Waals surface area contributed by atoms with Crippen molar-refractivity contribution in [2.24, 2.45) is 23.7 Å². The molecule has 220 valence electrons. The van der Waals surface area contributed by atoms with E-state index in [0.29, 0.717) is 0 Å². The Morgan fingerprint density at radius 1 is 0.553 bits per heavy atom. The summed E-state index contributed by atoms with van der Waals surface area (Å²) in [6, 6.07) is 0. The summed E-state index contributed by atoms with van der Waals surface area (Å²) in [5.41, 5.74) is -1.13. The van der Waals surface area contributed by atoms with Crippen molar-refractivity contribution >= 4 is 29.0 Å². The Bertz CT molecular complexity index is 703. The molecule has 0 heterocycles. The highest BCUT2D eigenvalue weighted by Crippen LogP contribution is 2.20. The van der Waals surface area contributed by atoms with Gasteiger partial charge in [0.2, 0.25) is 5.91 Å². The van der Waals surface area contributed by atoms with E-state index in [-0.39, 0.29) is 112 Å². The maximum absolute atomic E-state index is 13.2. The highest BCUT2D eigenvalue weighted by atomic mass is 16.5. The third kappa shape index (κ3) is 13.7.